The van der Waals surface area contributed by atoms with Crippen LogP contribution >= 0.6 is 0 Å². The third-order valence-corrected chi connectivity index (χ3v) is 3.62. The fourth-order valence-electron chi connectivity index (χ4n) is 2.45. The van der Waals surface area contributed by atoms with E-state index < -0.39 is 4.92 Å². The Labute approximate surface area is 117 Å². The van der Waals surface area contributed by atoms with E-state index in [0.717, 1.165) is 19.5 Å². The Bertz CT molecular complexity index is 504. The summed E-state index contributed by atoms with van der Waals surface area (Å²) in [5.74, 6) is 0.321. The van der Waals surface area contributed by atoms with Crippen LogP contribution in [0.4, 0.5) is 5.69 Å². The number of nitrogens with zero attached hydrogens (tertiary/aromatic N) is 1. The molecule has 108 valence electrons. The van der Waals surface area contributed by atoms with E-state index in [9.17, 15) is 14.9 Å². The Morgan fingerprint density at radius 3 is 3.05 bits per heavy atom. The van der Waals surface area contributed by atoms with E-state index in [1.807, 2.05) is 0 Å². The minimum absolute atomic E-state index is 0.0190. The van der Waals surface area contributed by atoms with Crippen LogP contribution in [0.3, 0.4) is 0 Å². The highest BCUT2D eigenvalue weighted by atomic mass is 16.6. The molecule has 20 heavy (non-hydrogen) atoms. The number of nitro benzene ring substituents is 1. The molecule has 1 saturated heterocycles. The summed E-state index contributed by atoms with van der Waals surface area (Å²) in [6, 6.07) is 6.40. The maximum absolute atomic E-state index is 12.0. The molecule has 2 N–H and O–H groups in total. The molecule has 1 aliphatic rings. The van der Waals surface area contributed by atoms with Crippen LogP contribution in [-0.4, -0.2) is 30.0 Å². The van der Waals surface area contributed by atoms with Gasteiger partial charge in [-0.05, 0) is 31.0 Å². The Balaban J connectivity index is 1.94. The van der Waals surface area contributed by atoms with Gasteiger partial charge in [0.05, 0.1) is 11.3 Å². The third-order valence-electron chi connectivity index (χ3n) is 3.62. The highest BCUT2D eigenvalue weighted by Crippen LogP contribution is 2.14. The average molecular weight is 277 g/mol. The van der Waals surface area contributed by atoms with Crippen molar-refractivity contribution in [2.75, 3.05) is 13.1 Å². The Morgan fingerprint density at radius 1 is 1.55 bits per heavy atom. The first kappa shape index (κ1) is 14.5. The number of rotatable bonds is 4. The first-order valence-corrected chi connectivity index (χ1v) is 6.79. The summed E-state index contributed by atoms with van der Waals surface area (Å²) < 4.78 is 0. The molecule has 0 saturated carbocycles. The highest BCUT2D eigenvalue weighted by molar-refractivity contribution is 5.79. The third kappa shape index (κ3) is 3.77. The largest absolute Gasteiger partial charge is 0.353 e. The van der Waals surface area contributed by atoms with E-state index in [1.165, 1.54) is 12.1 Å². The molecule has 0 spiro atoms. The van der Waals surface area contributed by atoms with Crippen molar-refractivity contribution in [1.82, 2.24) is 10.6 Å². The maximum atomic E-state index is 12.0. The van der Waals surface area contributed by atoms with Crippen LogP contribution in [0.15, 0.2) is 24.3 Å². The number of piperidine rings is 1. The molecule has 2 atom stereocenters. The second kappa shape index (κ2) is 6.47. The zero-order chi connectivity index (χ0) is 14.5. The summed E-state index contributed by atoms with van der Waals surface area (Å²) in [5, 5.41) is 17.0. The minimum atomic E-state index is -0.448. The van der Waals surface area contributed by atoms with Crippen molar-refractivity contribution in [2.24, 2.45) is 5.92 Å². The Kier molecular flexibility index (Phi) is 4.68. The summed E-state index contributed by atoms with van der Waals surface area (Å²) in [7, 11) is 0. The van der Waals surface area contributed by atoms with Gasteiger partial charge >= 0.3 is 0 Å². The molecule has 1 aromatic rings. The molecule has 1 aromatic carbocycles. The van der Waals surface area contributed by atoms with Crippen LogP contribution in [-0.2, 0) is 11.2 Å². The quantitative estimate of drug-likeness (QED) is 0.641. The number of carbonyl (C=O) groups is 1. The van der Waals surface area contributed by atoms with E-state index in [0.29, 0.717) is 11.5 Å². The maximum Gasteiger partial charge on any atom is 0.269 e. The van der Waals surface area contributed by atoms with Gasteiger partial charge in [-0.3, -0.25) is 14.9 Å². The van der Waals surface area contributed by atoms with Crippen molar-refractivity contribution >= 4 is 11.6 Å². The predicted octanol–water partition coefficient (Wildman–Crippen LogP) is 1.25. The SMILES string of the molecule is CC1CNCCC1NC(=O)Cc1cccc([N+](=O)[O-])c1. The molecule has 1 fully saturated rings. The number of nitro groups is 1. The van der Waals surface area contributed by atoms with E-state index in [2.05, 4.69) is 17.6 Å². The van der Waals surface area contributed by atoms with Gasteiger partial charge in [0.15, 0.2) is 0 Å². The van der Waals surface area contributed by atoms with Gasteiger partial charge in [-0.15, -0.1) is 0 Å². The van der Waals surface area contributed by atoms with Gasteiger partial charge in [0.2, 0.25) is 5.91 Å². The van der Waals surface area contributed by atoms with Crippen molar-refractivity contribution in [3.63, 3.8) is 0 Å². The summed E-state index contributed by atoms with van der Waals surface area (Å²) in [4.78, 5) is 22.3. The molecular formula is C14H19N3O3. The van der Waals surface area contributed by atoms with Gasteiger partial charge in [0.25, 0.3) is 5.69 Å². The van der Waals surface area contributed by atoms with E-state index >= 15 is 0 Å². The lowest BCUT2D eigenvalue weighted by Crippen LogP contribution is -2.48. The molecule has 1 amide bonds. The summed E-state index contributed by atoms with van der Waals surface area (Å²) in [5.41, 5.74) is 0.684. The first-order valence-electron chi connectivity index (χ1n) is 6.79. The normalized spacial score (nSPS) is 22.2. The number of benzene rings is 1. The zero-order valence-corrected chi connectivity index (χ0v) is 11.5. The van der Waals surface area contributed by atoms with Gasteiger partial charge in [-0.25, -0.2) is 0 Å². The van der Waals surface area contributed by atoms with Crippen LogP contribution in [0.25, 0.3) is 0 Å². The van der Waals surface area contributed by atoms with Crippen molar-refractivity contribution in [2.45, 2.75) is 25.8 Å². The van der Waals surface area contributed by atoms with Crippen molar-refractivity contribution < 1.29 is 9.72 Å². The van der Waals surface area contributed by atoms with Crippen LogP contribution in [0, 0.1) is 16.0 Å². The molecule has 2 rings (SSSR count). The van der Waals surface area contributed by atoms with E-state index in [4.69, 9.17) is 0 Å². The summed E-state index contributed by atoms with van der Waals surface area (Å²) in [6.45, 7) is 3.91. The lowest BCUT2D eigenvalue weighted by molar-refractivity contribution is -0.384. The molecule has 2 unspecified atom stereocenters. The second-order valence-corrected chi connectivity index (χ2v) is 5.25. The van der Waals surface area contributed by atoms with Gasteiger partial charge in [0.1, 0.15) is 0 Å². The van der Waals surface area contributed by atoms with E-state index in [1.54, 1.807) is 12.1 Å². The van der Waals surface area contributed by atoms with Crippen LogP contribution in [0.1, 0.15) is 18.9 Å². The topological polar surface area (TPSA) is 84.3 Å². The summed E-state index contributed by atoms with van der Waals surface area (Å²) >= 11 is 0. The molecule has 6 nitrogen and oxygen atoms in total. The van der Waals surface area contributed by atoms with E-state index in [-0.39, 0.29) is 24.1 Å². The highest BCUT2D eigenvalue weighted by Gasteiger charge is 2.22. The number of nitrogens with one attached hydrogen (secondary N) is 2. The lowest BCUT2D eigenvalue weighted by atomic mass is 9.95. The van der Waals surface area contributed by atoms with Gasteiger partial charge in [-0.2, -0.15) is 0 Å². The summed E-state index contributed by atoms with van der Waals surface area (Å²) in [6.07, 6.45) is 1.10. The number of non-ortho nitro benzene ring substituents is 1. The van der Waals surface area contributed by atoms with Crippen molar-refractivity contribution in [1.29, 1.82) is 0 Å². The Hall–Kier alpha value is -1.95. The van der Waals surface area contributed by atoms with Crippen molar-refractivity contribution in [3.8, 4) is 0 Å². The van der Waals surface area contributed by atoms with Crippen LogP contribution < -0.4 is 10.6 Å². The van der Waals surface area contributed by atoms with Crippen LogP contribution in [0.5, 0.6) is 0 Å². The predicted molar refractivity (Wildman–Crippen MR) is 75.4 cm³/mol. The monoisotopic (exact) mass is 277 g/mol. The molecule has 0 bridgehead atoms. The van der Waals surface area contributed by atoms with Crippen molar-refractivity contribution in [3.05, 3.63) is 39.9 Å². The Morgan fingerprint density at radius 2 is 2.35 bits per heavy atom. The molecule has 0 radical (unpaired) electrons. The molecule has 0 aliphatic carbocycles. The van der Waals surface area contributed by atoms with Crippen LogP contribution in [0.2, 0.25) is 0 Å². The van der Waals surface area contributed by atoms with Gasteiger partial charge in [-0.1, -0.05) is 19.1 Å². The smallest absolute Gasteiger partial charge is 0.269 e. The number of carbonyl (C=O) groups excluding carboxylic acids is 1. The lowest BCUT2D eigenvalue weighted by Gasteiger charge is -2.30. The molecular weight excluding hydrogens is 258 g/mol. The fraction of sp³-hybridized carbons (Fsp3) is 0.500. The average Bonchev–Trinajstić information content (AvgIpc) is 2.41. The molecule has 1 aliphatic heterocycles. The van der Waals surface area contributed by atoms with Gasteiger partial charge < -0.3 is 10.6 Å². The molecule has 0 aromatic heterocycles. The zero-order valence-electron chi connectivity index (χ0n) is 11.5. The molecule has 6 heteroatoms. The second-order valence-electron chi connectivity index (χ2n) is 5.25. The number of amides is 1. The fourth-order valence-corrected chi connectivity index (χ4v) is 2.45. The standard InChI is InChI=1S/C14H19N3O3/c1-10-9-15-6-5-13(10)16-14(18)8-11-3-2-4-12(7-11)17(19)20/h2-4,7,10,13,15H,5-6,8-9H2,1H3,(H,16,18). The molecule has 1 heterocycles. The van der Waals surface area contributed by atoms with Gasteiger partial charge in [0, 0.05) is 18.2 Å². The number of hydrogen-bond donors (Lipinski definition) is 2. The minimum Gasteiger partial charge on any atom is -0.353 e. The number of hydrogen-bond acceptors (Lipinski definition) is 4. The first-order chi connectivity index (χ1) is 9.56.